The molecular weight excluding hydrogens is 406 g/mol. The highest BCUT2D eigenvalue weighted by molar-refractivity contribution is 5.95. The molecule has 1 atom stereocenters. The number of rotatable bonds is 4. The summed E-state index contributed by atoms with van der Waals surface area (Å²) in [5.74, 6) is -1.04. The number of benzene rings is 2. The van der Waals surface area contributed by atoms with Crippen LogP contribution in [0.1, 0.15) is 44.7 Å². The largest absolute Gasteiger partial charge is 0.502 e. The molecule has 1 N–H and O–H groups in total. The lowest BCUT2D eigenvalue weighted by Gasteiger charge is -2.39. The number of carbonyl (C=O) groups excluding carboxylic acids is 1. The number of ether oxygens (including phenoxy) is 1. The van der Waals surface area contributed by atoms with Gasteiger partial charge in [0.2, 0.25) is 5.43 Å². The number of methoxy groups -OCH3 is 1. The van der Waals surface area contributed by atoms with Gasteiger partial charge in [-0.3, -0.25) is 14.3 Å². The Morgan fingerprint density at radius 2 is 1.66 bits per heavy atom. The number of aryl methyl sites for hydroxylation is 2. The predicted molar refractivity (Wildman–Crippen MR) is 119 cm³/mol. The van der Waals surface area contributed by atoms with Crippen LogP contribution in [0.3, 0.4) is 0 Å². The number of nitrogens with zero attached hydrogens (tertiary/aromatic N) is 3. The van der Waals surface area contributed by atoms with Crippen LogP contribution in [-0.4, -0.2) is 52.5 Å². The van der Waals surface area contributed by atoms with E-state index in [1.54, 1.807) is 16.7 Å². The molecule has 2 aromatic carbocycles. The third kappa shape index (κ3) is 3.29. The van der Waals surface area contributed by atoms with Crippen molar-refractivity contribution < 1.29 is 14.6 Å². The van der Waals surface area contributed by atoms with E-state index in [2.05, 4.69) is 41.5 Å². The summed E-state index contributed by atoms with van der Waals surface area (Å²) in [6, 6.07) is 16.5. The van der Waals surface area contributed by atoms with Crippen molar-refractivity contribution in [2.45, 2.75) is 24.8 Å². The first-order chi connectivity index (χ1) is 15.6. The van der Waals surface area contributed by atoms with Crippen molar-refractivity contribution in [1.29, 1.82) is 0 Å². The fourth-order valence-electron chi connectivity index (χ4n) is 5.07. The Hall–Kier alpha value is -3.45. The molecule has 0 spiro atoms. The van der Waals surface area contributed by atoms with E-state index in [0.717, 1.165) is 19.0 Å². The van der Waals surface area contributed by atoms with Crippen LogP contribution in [0.25, 0.3) is 0 Å². The molecule has 0 saturated carbocycles. The maximum Gasteiger partial charge on any atom is 0.276 e. The van der Waals surface area contributed by atoms with Gasteiger partial charge in [0.15, 0.2) is 11.4 Å². The van der Waals surface area contributed by atoms with Crippen LogP contribution >= 0.6 is 0 Å². The van der Waals surface area contributed by atoms with Gasteiger partial charge in [0.25, 0.3) is 5.91 Å². The summed E-state index contributed by atoms with van der Waals surface area (Å²) in [7, 11) is 1.58. The Labute approximate surface area is 185 Å². The minimum absolute atomic E-state index is 0.0518. The van der Waals surface area contributed by atoms with Gasteiger partial charge in [0.1, 0.15) is 0 Å². The van der Waals surface area contributed by atoms with Gasteiger partial charge in [-0.1, -0.05) is 48.5 Å². The molecule has 0 bridgehead atoms. The number of hydrogen-bond donors (Lipinski definition) is 1. The van der Waals surface area contributed by atoms with Crippen molar-refractivity contribution in [3.63, 3.8) is 0 Å². The number of carbonyl (C=O) groups is 1. The Bertz CT molecular complexity index is 1190. The minimum atomic E-state index is -0.654. The topological polar surface area (TPSA) is 84.7 Å². The van der Waals surface area contributed by atoms with Crippen LogP contribution in [0.15, 0.2) is 59.5 Å². The minimum Gasteiger partial charge on any atom is -0.502 e. The van der Waals surface area contributed by atoms with E-state index in [1.807, 2.05) is 12.1 Å². The highest BCUT2D eigenvalue weighted by Gasteiger charge is 2.41. The Morgan fingerprint density at radius 3 is 2.28 bits per heavy atom. The van der Waals surface area contributed by atoms with E-state index >= 15 is 0 Å². The number of amides is 1. The van der Waals surface area contributed by atoms with Crippen LogP contribution in [0, 0.1) is 0 Å². The van der Waals surface area contributed by atoms with Crippen molar-refractivity contribution in [3.8, 4) is 5.75 Å². The maximum atomic E-state index is 13.2. The number of aromatic nitrogens is 2. The van der Waals surface area contributed by atoms with Crippen molar-refractivity contribution in [3.05, 3.63) is 92.9 Å². The summed E-state index contributed by atoms with van der Waals surface area (Å²) in [6.07, 6.45) is 2.95. The van der Waals surface area contributed by atoms with Gasteiger partial charge in [-0.2, -0.15) is 5.10 Å². The summed E-state index contributed by atoms with van der Waals surface area (Å²) in [4.78, 5) is 27.0. The van der Waals surface area contributed by atoms with E-state index in [1.165, 1.54) is 22.3 Å². The Kier molecular flexibility index (Phi) is 5.27. The molecule has 7 nitrogen and oxygen atoms in total. The maximum absolute atomic E-state index is 13.2. The second-order valence-corrected chi connectivity index (χ2v) is 8.34. The smallest absolute Gasteiger partial charge is 0.276 e. The van der Waals surface area contributed by atoms with Gasteiger partial charge in [0, 0.05) is 26.1 Å². The molecule has 1 unspecified atom stereocenters. The SMILES string of the molecule is COCCN1CC(C2c3ccccc3CCc3ccccc32)n2ncc(=O)c(O)c2C1=O. The van der Waals surface area contributed by atoms with Crippen molar-refractivity contribution in [1.82, 2.24) is 14.7 Å². The average molecular weight is 431 g/mol. The van der Waals surface area contributed by atoms with Gasteiger partial charge < -0.3 is 14.7 Å². The van der Waals surface area contributed by atoms with Gasteiger partial charge in [0.05, 0.1) is 18.8 Å². The molecule has 2 heterocycles. The van der Waals surface area contributed by atoms with Gasteiger partial charge in [-0.05, 0) is 35.1 Å². The van der Waals surface area contributed by atoms with E-state index in [0.29, 0.717) is 19.7 Å². The molecule has 32 heavy (non-hydrogen) atoms. The summed E-state index contributed by atoms with van der Waals surface area (Å²) in [6.45, 7) is 1.13. The third-order valence-electron chi connectivity index (χ3n) is 6.59. The molecule has 0 saturated heterocycles. The second kappa shape index (κ2) is 8.24. The molecule has 1 aliphatic heterocycles. The lowest BCUT2D eigenvalue weighted by atomic mass is 9.81. The standard InChI is InChI=1S/C25H25N3O4/c1-32-13-12-27-15-20(28-23(25(27)31)24(30)21(29)14-26-28)22-18-8-4-2-6-16(18)10-11-17-7-3-5-9-19(17)22/h2-9,14,20,22,30H,10-13,15H2,1H3. The molecular formula is C25H25N3O4. The zero-order valence-electron chi connectivity index (χ0n) is 17.9. The van der Waals surface area contributed by atoms with Crippen molar-refractivity contribution in [2.75, 3.05) is 26.8 Å². The zero-order chi connectivity index (χ0) is 22.2. The second-order valence-electron chi connectivity index (χ2n) is 8.34. The van der Waals surface area contributed by atoms with Crippen LogP contribution < -0.4 is 5.43 Å². The quantitative estimate of drug-likeness (QED) is 0.686. The first-order valence-electron chi connectivity index (χ1n) is 10.8. The first kappa shape index (κ1) is 20.5. The molecule has 1 aromatic heterocycles. The van der Waals surface area contributed by atoms with E-state index in [-0.39, 0.29) is 17.7 Å². The highest BCUT2D eigenvalue weighted by atomic mass is 16.5. The van der Waals surface area contributed by atoms with Crippen LogP contribution in [0.4, 0.5) is 0 Å². The van der Waals surface area contributed by atoms with E-state index < -0.39 is 17.1 Å². The van der Waals surface area contributed by atoms with Gasteiger partial charge in [-0.15, -0.1) is 0 Å². The molecule has 1 amide bonds. The molecule has 0 radical (unpaired) electrons. The molecule has 7 heteroatoms. The summed E-state index contributed by atoms with van der Waals surface area (Å²) < 4.78 is 6.77. The molecule has 0 fully saturated rings. The molecule has 3 aromatic rings. The molecule has 1 aliphatic carbocycles. The van der Waals surface area contributed by atoms with Crippen molar-refractivity contribution in [2.24, 2.45) is 0 Å². The fourth-order valence-corrected chi connectivity index (χ4v) is 5.07. The summed E-state index contributed by atoms with van der Waals surface area (Å²) >= 11 is 0. The van der Waals surface area contributed by atoms with E-state index in [9.17, 15) is 14.7 Å². The molecule has 164 valence electrons. The van der Waals surface area contributed by atoms with Crippen LogP contribution in [0.2, 0.25) is 0 Å². The Balaban J connectivity index is 1.74. The average Bonchev–Trinajstić information content (AvgIpc) is 2.98. The zero-order valence-corrected chi connectivity index (χ0v) is 17.9. The lowest BCUT2D eigenvalue weighted by Crippen LogP contribution is -2.48. The molecule has 2 aliphatic rings. The van der Waals surface area contributed by atoms with Crippen LogP contribution in [0.5, 0.6) is 5.75 Å². The first-order valence-corrected chi connectivity index (χ1v) is 10.8. The number of aromatic hydroxyl groups is 1. The van der Waals surface area contributed by atoms with Crippen LogP contribution in [-0.2, 0) is 17.6 Å². The number of fused-ring (bicyclic) bond motifs is 3. The van der Waals surface area contributed by atoms with Gasteiger partial charge >= 0.3 is 0 Å². The summed E-state index contributed by atoms with van der Waals surface area (Å²) in [5, 5.41) is 14.9. The third-order valence-corrected chi connectivity index (χ3v) is 6.59. The normalized spacial score (nSPS) is 18.0. The predicted octanol–water partition coefficient (Wildman–Crippen LogP) is 2.52. The number of hydrogen-bond acceptors (Lipinski definition) is 5. The van der Waals surface area contributed by atoms with Crippen molar-refractivity contribution >= 4 is 5.91 Å². The Morgan fingerprint density at radius 1 is 1.03 bits per heavy atom. The molecule has 5 rings (SSSR count). The van der Waals surface area contributed by atoms with E-state index in [4.69, 9.17) is 4.74 Å². The monoisotopic (exact) mass is 431 g/mol. The summed E-state index contributed by atoms with van der Waals surface area (Å²) in [5.41, 5.74) is 4.20. The lowest BCUT2D eigenvalue weighted by molar-refractivity contribution is 0.0565. The van der Waals surface area contributed by atoms with Gasteiger partial charge in [-0.25, -0.2) is 0 Å². The fraction of sp³-hybridized carbons (Fsp3) is 0.320. The highest BCUT2D eigenvalue weighted by Crippen LogP contribution is 2.43.